The van der Waals surface area contributed by atoms with E-state index in [9.17, 15) is 18.0 Å². The molecule has 0 atom stereocenters. The number of ketones is 1. The van der Waals surface area contributed by atoms with Gasteiger partial charge in [-0.1, -0.05) is 47.7 Å². The number of nitrogens with one attached hydrogen (secondary N) is 1. The Morgan fingerprint density at radius 2 is 1.74 bits per heavy atom. The van der Waals surface area contributed by atoms with Gasteiger partial charge in [-0.2, -0.15) is 4.31 Å². The summed E-state index contributed by atoms with van der Waals surface area (Å²) in [6.07, 6.45) is 0. The molecule has 3 rings (SSSR count). The molecule has 2 aromatic carbocycles. The van der Waals surface area contributed by atoms with Crippen molar-refractivity contribution >= 4 is 38.2 Å². The SMILES string of the molecule is CC(=O)c1sc(NC(=O)c2cccc(S(=O)(=O)N(C)C(C)C)c2)nc1-c1ccccc1. The predicted molar refractivity (Wildman–Crippen MR) is 122 cm³/mol. The zero-order valence-corrected chi connectivity index (χ0v) is 19.3. The minimum atomic E-state index is -3.72. The average Bonchev–Trinajstić information content (AvgIpc) is 3.18. The number of sulfonamides is 1. The summed E-state index contributed by atoms with van der Waals surface area (Å²) < 4.78 is 26.7. The molecule has 7 nitrogen and oxygen atoms in total. The van der Waals surface area contributed by atoms with Crippen molar-refractivity contribution in [2.45, 2.75) is 31.7 Å². The highest BCUT2D eigenvalue weighted by Gasteiger charge is 2.24. The Bertz CT molecular complexity index is 1220. The number of rotatable bonds is 7. The summed E-state index contributed by atoms with van der Waals surface area (Å²) in [5.41, 5.74) is 1.46. The van der Waals surface area contributed by atoms with Gasteiger partial charge in [0.15, 0.2) is 10.9 Å². The van der Waals surface area contributed by atoms with Crippen LogP contribution >= 0.6 is 11.3 Å². The molecule has 1 amide bonds. The molecule has 31 heavy (non-hydrogen) atoms. The molecule has 0 spiro atoms. The molecule has 0 fully saturated rings. The van der Waals surface area contributed by atoms with Gasteiger partial charge in [0, 0.05) is 31.1 Å². The van der Waals surface area contributed by atoms with E-state index in [4.69, 9.17) is 0 Å². The molecular weight excluding hydrogens is 434 g/mol. The van der Waals surface area contributed by atoms with Crippen LogP contribution in [0.15, 0.2) is 59.5 Å². The van der Waals surface area contributed by atoms with E-state index in [2.05, 4.69) is 10.3 Å². The molecular formula is C22H23N3O4S2. The number of hydrogen-bond donors (Lipinski definition) is 1. The van der Waals surface area contributed by atoms with Gasteiger partial charge in [-0.15, -0.1) is 0 Å². The Hall–Kier alpha value is -2.88. The predicted octanol–water partition coefficient (Wildman–Crippen LogP) is 4.29. The zero-order chi connectivity index (χ0) is 22.8. The quantitative estimate of drug-likeness (QED) is 0.534. The smallest absolute Gasteiger partial charge is 0.257 e. The number of thiazole rings is 1. The van der Waals surface area contributed by atoms with Crippen LogP contribution in [0.4, 0.5) is 5.13 Å². The van der Waals surface area contributed by atoms with E-state index in [-0.39, 0.29) is 27.4 Å². The molecule has 0 aliphatic rings. The summed E-state index contributed by atoms with van der Waals surface area (Å²) in [4.78, 5) is 29.8. The van der Waals surface area contributed by atoms with Crippen molar-refractivity contribution in [3.8, 4) is 11.3 Å². The molecule has 9 heteroatoms. The highest BCUT2D eigenvalue weighted by Crippen LogP contribution is 2.31. The number of carbonyl (C=O) groups excluding carboxylic acids is 2. The van der Waals surface area contributed by atoms with Crippen LogP contribution in [0.2, 0.25) is 0 Å². The van der Waals surface area contributed by atoms with E-state index in [0.29, 0.717) is 10.6 Å². The largest absolute Gasteiger partial charge is 0.298 e. The summed E-state index contributed by atoms with van der Waals surface area (Å²) in [5.74, 6) is -0.658. The number of anilines is 1. The fourth-order valence-electron chi connectivity index (χ4n) is 2.81. The van der Waals surface area contributed by atoms with Gasteiger partial charge in [0.05, 0.1) is 15.5 Å². The summed E-state index contributed by atoms with van der Waals surface area (Å²) in [6, 6.07) is 14.8. The fraction of sp³-hybridized carbons (Fsp3) is 0.227. The van der Waals surface area contributed by atoms with Crippen LogP contribution in [0.1, 0.15) is 40.8 Å². The van der Waals surface area contributed by atoms with Crippen LogP contribution in [0.3, 0.4) is 0 Å². The summed E-state index contributed by atoms with van der Waals surface area (Å²) in [6.45, 7) is 4.99. The van der Waals surface area contributed by atoms with E-state index in [0.717, 1.165) is 16.9 Å². The molecule has 0 aliphatic heterocycles. The van der Waals surface area contributed by atoms with Gasteiger partial charge in [0.2, 0.25) is 10.0 Å². The first-order chi connectivity index (χ1) is 14.6. The standard InChI is InChI=1S/C22H23N3O4S2/c1-14(2)25(4)31(28,29)18-12-8-11-17(13-18)21(27)24-22-23-19(20(30-22)15(3)26)16-9-6-5-7-10-16/h5-14H,1-4H3,(H,23,24,27). The molecule has 0 saturated heterocycles. The van der Waals surface area contributed by atoms with Gasteiger partial charge in [-0.3, -0.25) is 14.9 Å². The topological polar surface area (TPSA) is 96.4 Å². The second kappa shape index (κ2) is 9.09. The molecule has 0 bridgehead atoms. The zero-order valence-electron chi connectivity index (χ0n) is 17.6. The van der Waals surface area contributed by atoms with Crippen LogP contribution in [0, 0.1) is 0 Å². The summed E-state index contributed by atoms with van der Waals surface area (Å²) in [5, 5.41) is 2.95. The lowest BCUT2D eigenvalue weighted by Crippen LogP contribution is -2.33. The third-order valence-corrected chi connectivity index (χ3v) is 7.82. The van der Waals surface area contributed by atoms with Crippen molar-refractivity contribution in [2.24, 2.45) is 0 Å². The Morgan fingerprint density at radius 3 is 2.35 bits per heavy atom. The number of nitrogens with zero attached hydrogens (tertiary/aromatic N) is 2. The third-order valence-electron chi connectivity index (χ3n) is 4.72. The maximum Gasteiger partial charge on any atom is 0.257 e. The Kier molecular flexibility index (Phi) is 6.68. The molecule has 0 radical (unpaired) electrons. The number of amides is 1. The third kappa shape index (κ3) is 4.90. The van der Waals surface area contributed by atoms with Gasteiger partial charge >= 0.3 is 0 Å². The first-order valence-corrected chi connectivity index (χ1v) is 11.8. The minimum absolute atomic E-state index is 0.0323. The van der Waals surface area contributed by atoms with Crippen LogP contribution < -0.4 is 5.32 Å². The summed E-state index contributed by atoms with van der Waals surface area (Å²) in [7, 11) is -2.22. The van der Waals surface area contributed by atoms with E-state index < -0.39 is 15.9 Å². The first-order valence-electron chi connectivity index (χ1n) is 9.58. The average molecular weight is 458 g/mol. The van der Waals surface area contributed by atoms with Gasteiger partial charge in [0.1, 0.15) is 0 Å². The molecule has 0 saturated carbocycles. The highest BCUT2D eigenvalue weighted by atomic mass is 32.2. The van der Waals surface area contributed by atoms with Crippen LogP contribution in [0.25, 0.3) is 11.3 Å². The van der Waals surface area contributed by atoms with Gasteiger partial charge in [-0.05, 0) is 32.0 Å². The number of carbonyl (C=O) groups is 2. The Labute approximate surface area is 185 Å². The second-order valence-corrected chi connectivity index (χ2v) is 10.2. The van der Waals surface area contributed by atoms with Crippen LogP contribution in [-0.4, -0.2) is 42.5 Å². The van der Waals surface area contributed by atoms with Gasteiger partial charge < -0.3 is 0 Å². The number of hydrogen-bond acceptors (Lipinski definition) is 6. The molecule has 1 N–H and O–H groups in total. The molecule has 1 heterocycles. The normalized spacial score (nSPS) is 11.7. The first kappa shape index (κ1) is 22.8. The van der Waals surface area contributed by atoms with Crippen LogP contribution in [-0.2, 0) is 10.0 Å². The lowest BCUT2D eigenvalue weighted by molar-refractivity contribution is 0.101. The van der Waals surface area contributed by atoms with Crippen molar-refractivity contribution in [1.29, 1.82) is 0 Å². The van der Waals surface area contributed by atoms with E-state index in [1.807, 2.05) is 30.3 Å². The molecule has 0 unspecified atom stereocenters. The fourth-order valence-corrected chi connectivity index (χ4v) is 5.11. The lowest BCUT2D eigenvalue weighted by atomic mass is 10.1. The summed E-state index contributed by atoms with van der Waals surface area (Å²) >= 11 is 1.08. The molecule has 1 aromatic heterocycles. The van der Waals surface area contributed by atoms with E-state index in [1.165, 1.54) is 42.5 Å². The Morgan fingerprint density at radius 1 is 1.06 bits per heavy atom. The molecule has 0 aliphatic carbocycles. The van der Waals surface area contributed by atoms with Crippen molar-refractivity contribution in [2.75, 3.05) is 12.4 Å². The van der Waals surface area contributed by atoms with Gasteiger partial charge in [0.25, 0.3) is 5.91 Å². The maximum atomic E-state index is 12.8. The molecule has 3 aromatic rings. The van der Waals surface area contributed by atoms with Crippen molar-refractivity contribution in [3.05, 3.63) is 65.0 Å². The molecule has 162 valence electrons. The van der Waals surface area contributed by atoms with Crippen LogP contribution in [0.5, 0.6) is 0 Å². The number of benzene rings is 2. The maximum absolute atomic E-state index is 12.8. The number of aromatic nitrogens is 1. The van der Waals surface area contributed by atoms with Crippen molar-refractivity contribution < 1.29 is 18.0 Å². The lowest BCUT2D eigenvalue weighted by Gasteiger charge is -2.21. The van der Waals surface area contributed by atoms with E-state index in [1.54, 1.807) is 13.8 Å². The monoisotopic (exact) mass is 457 g/mol. The highest BCUT2D eigenvalue weighted by molar-refractivity contribution is 7.89. The van der Waals surface area contributed by atoms with Crippen molar-refractivity contribution in [3.63, 3.8) is 0 Å². The van der Waals surface area contributed by atoms with E-state index >= 15 is 0 Å². The number of Topliss-reactive ketones (excluding diaryl/α,β-unsaturated/α-hetero) is 1. The van der Waals surface area contributed by atoms with Gasteiger partial charge in [-0.25, -0.2) is 13.4 Å². The van der Waals surface area contributed by atoms with Crippen molar-refractivity contribution in [1.82, 2.24) is 9.29 Å². The Balaban J connectivity index is 1.90. The minimum Gasteiger partial charge on any atom is -0.298 e. The second-order valence-electron chi connectivity index (χ2n) is 7.22.